The van der Waals surface area contributed by atoms with E-state index in [1.807, 2.05) is 11.0 Å². The summed E-state index contributed by atoms with van der Waals surface area (Å²) in [4.78, 5) is 30.3. The predicted octanol–water partition coefficient (Wildman–Crippen LogP) is 3.83. The van der Waals surface area contributed by atoms with Crippen LogP contribution in [-0.2, 0) is 9.59 Å². The van der Waals surface area contributed by atoms with Crippen LogP contribution in [0.15, 0.2) is 22.9 Å². The second kappa shape index (κ2) is 9.51. The molecule has 1 saturated heterocycles. The molecule has 1 aliphatic heterocycles. The SMILES string of the molecule is N#CC1(NC(=O)CC2CCCC[C@H]2C(=O)N2CCN(C3=CCC(C4(C#N)CC4)C(Cl)=C3)CC2)CC1. The van der Waals surface area contributed by atoms with Crippen molar-refractivity contribution < 1.29 is 9.59 Å². The van der Waals surface area contributed by atoms with Crippen LogP contribution >= 0.6 is 11.6 Å². The number of halogens is 1. The highest BCUT2D eigenvalue weighted by molar-refractivity contribution is 6.30. The molecule has 1 N–H and O–H groups in total. The van der Waals surface area contributed by atoms with Crippen LogP contribution in [0.5, 0.6) is 0 Å². The van der Waals surface area contributed by atoms with Gasteiger partial charge in [-0.3, -0.25) is 9.59 Å². The maximum Gasteiger partial charge on any atom is 0.226 e. The maximum absolute atomic E-state index is 13.5. The lowest BCUT2D eigenvalue weighted by Crippen LogP contribution is -2.51. The Labute approximate surface area is 212 Å². The Morgan fingerprint density at radius 2 is 1.77 bits per heavy atom. The first-order valence-electron chi connectivity index (χ1n) is 13.1. The zero-order valence-electron chi connectivity index (χ0n) is 20.3. The number of hydrogen-bond acceptors (Lipinski definition) is 5. The van der Waals surface area contributed by atoms with E-state index in [1.165, 1.54) is 0 Å². The van der Waals surface area contributed by atoms with Crippen LogP contribution in [-0.4, -0.2) is 53.3 Å². The first kappa shape index (κ1) is 24.2. The molecule has 3 atom stereocenters. The molecule has 1 heterocycles. The number of nitriles is 2. The van der Waals surface area contributed by atoms with E-state index in [0.717, 1.165) is 81.6 Å². The Morgan fingerprint density at radius 3 is 2.37 bits per heavy atom. The molecule has 0 aromatic carbocycles. The molecule has 0 bridgehead atoms. The molecule has 0 radical (unpaired) electrons. The molecule has 5 aliphatic rings. The highest BCUT2D eigenvalue weighted by Crippen LogP contribution is 2.57. The van der Waals surface area contributed by atoms with E-state index in [9.17, 15) is 20.1 Å². The number of carbonyl (C=O) groups excluding carboxylic acids is 2. The highest BCUT2D eigenvalue weighted by atomic mass is 35.5. The molecule has 8 heteroatoms. The van der Waals surface area contributed by atoms with Crippen molar-refractivity contribution in [1.29, 1.82) is 10.5 Å². The Hall–Kier alpha value is -2.51. The summed E-state index contributed by atoms with van der Waals surface area (Å²) in [7, 11) is 0. The fraction of sp³-hybridized carbons (Fsp3) is 0.704. The van der Waals surface area contributed by atoms with Gasteiger partial charge in [0, 0.05) is 55.2 Å². The maximum atomic E-state index is 13.5. The lowest BCUT2D eigenvalue weighted by atomic mass is 9.76. The third-order valence-electron chi connectivity index (χ3n) is 8.83. The third kappa shape index (κ3) is 4.94. The summed E-state index contributed by atoms with van der Waals surface area (Å²) < 4.78 is 0. The zero-order valence-corrected chi connectivity index (χ0v) is 21.0. The van der Waals surface area contributed by atoms with Crippen LogP contribution in [0.25, 0.3) is 0 Å². The number of nitrogens with zero attached hydrogens (tertiary/aromatic N) is 4. The van der Waals surface area contributed by atoms with Gasteiger partial charge in [-0.2, -0.15) is 10.5 Å². The molecule has 35 heavy (non-hydrogen) atoms. The molecule has 4 fully saturated rings. The molecular formula is C27H34ClN5O2. The van der Waals surface area contributed by atoms with Crippen LogP contribution < -0.4 is 5.32 Å². The van der Waals surface area contributed by atoms with E-state index in [1.54, 1.807) is 0 Å². The molecule has 0 aromatic rings. The molecule has 2 unspecified atom stereocenters. The van der Waals surface area contributed by atoms with Crippen LogP contribution in [0.3, 0.4) is 0 Å². The Bertz CT molecular complexity index is 1020. The molecule has 0 spiro atoms. The molecule has 7 nitrogen and oxygen atoms in total. The minimum Gasteiger partial charge on any atom is -0.368 e. The zero-order chi connectivity index (χ0) is 24.6. The Kier molecular flexibility index (Phi) is 6.57. The van der Waals surface area contributed by atoms with Crippen molar-refractivity contribution in [2.24, 2.45) is 23.2 Å². The van der Waals surface area contributed by atoms with Gasteiger partial charge in [0.2, 0.25) is 11.8 Å². The minimum atomic E-state index is -0.652. The van der Waals surface area contributed by atoms with Gasteiger partial charge in [-0.1, -0.05) is 30.5 Å². The van der Waals surface area contributed by atoms with Gasteiger partial charge in [0.1, 0.15) is 5.54 Å². The van der Waals surface area contributed by atoms with Crippen molar-refractivity contribution in [3.05, 3.63) is 22.9 Å². The third-order valence-corrected chi connectivity index (χ3v) is 9.21. The number of allylic oxidation sites excluding steroid dienone is 3. The number of amides is 2. The topological polar surface area (TPSA) is 100 Å². The summed E-state index contributed by atoms with van der Waals surface area (Å²) >= 11 is 6.62. The van der Waals surface area contributed by atoms with Crippen LogP contribution in [0.2, 0.25) is 0 Å². The highest BCUT2D eigenvalue weighted by Gasteiger charge is 2.51. The average molecular weight is 496 g/mol. The minimum absolute atomic E-state index is 0.0541. The van der Waals surface area contributed by atoms with Gasteiger partial charge in [0.05, 0.1) is 17.6 Å². The quantitative estimate of drug-likeness (QED) is 0.603. The van der Waals surface area contributed by atoms with Crippen LogP contribution in [0.4, 0.5) is 0 Å². The summed E-state index contributed by atoms with van der Waals surface area (Å²) in [5.74, 6) is 0.152. The summed E-state index contributed by atoms with van der Waals surface area (Å²) in [6.07, 6.45) is 12.5. The molecule has 4 aliphatic carbocycles. The molecule has 3 saturated carbocycles. The average Bonchev–Trinajstić information content (AvgIpc) is 3.81. The van der Waals surface area contributed by atoms with Gasteiger partial charge in [-0.25, -0.2) is 0 Å². The number of rotatable bonds is 6. The summed E-state index contributed by atoms with van der Waals surface area (Å²) in [5.41, 5.74) is 0.189. The van der Waals surface area contributed by atoms with E-state index in [4.69, 9.17) is 11.6 Å². The smallest absolute Gasteiger partial charge is 0.226 e. The van der Waals surface area contributed by atoms with Crippen molar-refractivity contribution in [1.82, 2.24) is 15.1 Å². The summed E-state index contributed by atoms with van der Waals surface area (Å²) in [6.45, 7) is 2.85. The van der Waals surface area contributed by atoms with E-state index >= 15 is 0 Å². The number of hydrogen-bond donors (Lipinski definition) is 1. The normalized spacial score (nSPS) is 30.8. The van der Waals surface area contributed by atoms with Gasteiger partial charge in [-0.05, 0) is 56.9 Å². The summed E-state index contributed by atoms with van der Waals surface area (Å²) in [5, 5.41) is 22.5. The van der Waals surface area contributed by atoms with E-state index in [-0.39, 0.29) is 35.0 Å². The van der Waals surface area contributed by atoms with Gasteiger partial charge >= 0.3 is 0 Å². The number of carbonyl (C=O) groups is 2. The van der Waals surface area contributed by atoms with Gasteiger partial charge in [0.25, 0.3) is 0 Å². The van der Waals surface area contributed by atoms with Gasteiger partial charge < -0.3 is 15.1 Å². The lowest BCUT2D eigenvalue weighted by molar-refractivity contribution is -0.140. The largest absolute Gasteiger partial charge is 0.368 e. The number of nitrogens with one attached hydrogen (secondary N) is 1. The molecule has 5 rings (SSSR count). The number of piperazine rings is 1. The van der Waals surface area contributed by atoms with Crippen LogP contribution in [0, 0.1) is 45.8 Å². The fourth-order valence-electron chi connectivity index (χ4n) is 6.18. The van der Waals surface area contributed by atoms with E-state index in [2.05, 4.69) is 28.4 Å². The van der Waals surface area contributed by atoms with Crippen molar-refractivity contribution in [3.63, 3.8) is 0 Å². The van der Waals surface area contributed by atoms with Crippen molar-refractivity contribution in [2.75, 3.05) is 26.2 Å². The monoisotopic (exact) mass is 495 g/mol. The fourth-order valence-corrected chi connectivity index (χ4v) is 6.59. The lowest BCUT2D eigenvalue weighted by Gasteiger charge is -2.41. The molecular weight excluding hydrogens is 462 g/mol. The molecule has 0 aromatic heterocycles. The van der Waals surface area contributed by atoms with E-state index in [0.29, 0.717) is 19.5 Å². The molecule has 2 amide bonds. The first-order chi connectivity index (χ1) is 16.9. The van der Waals surface area contributed by atoms with Crippen molar-refractivity contribution in [2.45, 2.75) is 69.7 Å². The van der Waals surface area contributed by atoms with Gasteiger partial charge in [0.15, 0.2) is 0 Å². The molecule has 186 valence electrons. The van der Waals surface area contributed by atoms with E-state index < -0.39 is 5.54 Å². The van der Waals surface area contributed by atoms with Gasteiger partial charge in [-0.15, -0.1) is 0 Å². The Balaban J connectivity index is 1.15. The Morgan fingerprint density at radius 1 is 1.06 bits per heavy atom. The standard InChI is InChI=1S/C27H34ClN5O2/c28-23-16-20(5-6-22(23)26(17-29)7-8-26)32-11-13-33(14-12-32)25(35)21-4-2-1-3-19(21)15-24(34)31-27(18-30)9-10-27/h5,16,19,21-22H,1-4,6-15H2,(H,31,34)/t19?,21-,22?/m1/s1. The van der Waals surface area contributed by atoms with Crippen LogP contribution in [0.1, 0.15) is 64.2 Å². The van der Waals surface area contributed by atoms with Crippen molar-refractivity contribution >= 4 is 23.4 Å². The second-order valence-electron chi connectivity index (χ2n) is 11.1. The van der Waals surface area contributed by atoms with Crippen molar-refractivity contribution in [3.8, 4) is 12.1 Å². The summed E-state index contributed by atoms with van der Waals surface area (Å²) in [6, 6.07) is 4.69. The first-order valence-corrected chi connectivity index (χ1v) is 13.5. The second-order valence-corrected chi connectivity index (χ2v) is 11.6. The predicted molar refractivity (Wildman–Crippen MR) is 131 cm³/mol.